The highest BCUT2D eigenvalue weighted by atomic mass is 32.2. The molecule has 0 saturated carbocycles. The number of likely N-dealkylation sites (tertiary alicyclic amines) is 1. The average molecular weight is 435 g/mol. The van der Waals surface area contributed by atoms with Gasteiger partial charge in [0, 0.05) is 42.1 Å². The van der Waals surface area contributed by atoms with E-state index < -0.39 is 0 Å². The first-order valence-electron chi connectivity index (χ1n) is 11.7. The zero-order chi connectivity index (χ0) is 21.4. The second-order valence-corrected chi connectivity index (χ2v) is 10.2. The minimum atomic E-state index is 0.656. The van der Waals surface area contributed by atoms with E-state index in [0.717, 1.165) is 18.2 Å². The van der Waals surface area contributed by atoms with Gasteiger partial charge in [-0.1, -0.05) is 31.2 Å². The average Bonchev–Trinajstić information content (AvgIpc) is 3.13. The Balaban J connectivity index is 1.53. The largest absolute Gasteiger partial charge is 0.497 e. The monoisotopic (exact) mass is 434 g/mol. The number of aromatic nitrogens is 1. The maximum absolute atomic E-state index is 5.45. The Hall–Kier alpha value is -1.91. The number of thioether (sulfide) groups is 1. The maximum Gasteiger partial charge on any atom is 0.119 e. The summed E-state index contributed by atoms with van der Waals surface area (Å²) < 4.78 is 7.91. The first kappa shape index (κ1) is 21.0. The van der Waals surface area contributed by atoms with Gasteiger partial charge >= 0.3 is 0 Å². The van der Waals surface area contributed by atoms with Crippen LogP contribution in [0.25, 0.3) is 10.9 Å². The molecule has 2 heterocycles. The number of piperidine rings is 1. The Morgan fingerprint density at radius 3 is 2.84 bits per heavy atom. The molecule has 3 atom stereocenters. The van der Waals surface area contributed by atoms with Crippen LogP contribution >= 0.6 is 11.8 Å². The molecule has 3 aromatic rings. The van der Waals surface area contributed by atoms with Gasteiger partial charge < -0.3 is 9.30 Å². The van der Waals surface area contributed by atoms with Crippen molar-refractivity contribution in [3.63, 3.8) is 0 Å². The summed E-state index contributed by atoms with van der Waals surface area (Å²) in [5.74, 6) is 3.68. The van der Waals surface area contributed by atoms with Crippen molar-refractivity contribution in [3.05, 3.63) is 65.4 Å². The summed E-state index contributed by atoms with van der Waals surface area (Å²) in [4.78, 5) is 2.82. The summed E-state index contributed by atoms with van der Waals surface area (Å²) in [5.41, 5.74) is 5.82. The van der Waals surface area contributed by atoms with Gasteiger partial charge in [-0.25, -0.2) is 0 Å². The lowest BCUT2D eigenvalue weighted by atomic mass is 9.72. The molecule has 2 aliphatic rings. The van der Waals surface area contributed by atoms with E-state index in [1.54, 1.807) is 18.2 Å². The van der Waals surface area contributed by atoms with Crippen molar-refractivity contribution < 1.29 is 4.74 Å². The molecule has 1 aliphatic carbocycles. The van der Waals surface area contributed by atoms with Crippen LogP contribution < -0.4 is 4.74 Å². The van der Waals surface area contributed by atoms with E-state index in [2.05, 4.69) is 65.2 Å². The van der Waals surface area contributed by atoms with Crippen molar-refractivity contribution >= 4 is 22.7 Å². The fourth-order valence-electron chi connectivity index (χ4n) is 6.07. The van der Waals surface area contributed by atoms with Crippen LogP contribution in [0.3, 0.4) is 0 Å². The van der Waals surface area contributed by atoms with E-state index in [4.69, 9.17) is 4.74 Å². The summed E-state index contributed by atoms with van der Waals surface area (Å²) in [7, 11) is 1.74. The fourth-order valence-corrected chi connectivity index (χ4v) is 6.79. The summed E-state index contributed by atoms with van der Waals surface area (Å²) >= 11 is 2.01. The number of rotatable bonds is 7. The van der Waals surface area contributed by atoms with Crippen molar-refractivity contribution in [3.8, 4) is 5.75 Å². The standard InChI is InChI=1S/C27H34N2OS/c1-4-11-28-16-20(18-31-3)13-24-23-9-6-10-25-27(23)21(14-26(24)28)17-29(25)15-19-7-5-8-22(12-19)30-2/h5-10,12,17,20,24,26H,4,11,13-16,18H2,1-3H3/t20-,24?,26+/m0/s1. The molecule has 1 aliphatic heterocycles. The molecule has 1 unspecified atom stereocenters. The maximum atomic E-state index is 5.45. The number of nitrogens with zero attached hydrogens (tertiary/aromatic N) is 2. The lowest BCUT2D eigenvalue weighted by Crippen LogP contribution is -2.50. The molecule has 1 fully saturated rings. The molecule has 5 rings (SSSR count). The van der Waals surface area contributed by atoms with Gasteiger partial charge in [0.25, 0.3) is 0 Å². The minimum Gasteiger partial charge on any atom is -0.497 e. The third-order valence-corrected chi connectivity index (χ3v) is 8.06. The molecule has 1 aromatic heterocycles. The first-order chi connectivity index (χ1) is 15.2. The molecule has 0 N–H and O–H groups in total. The summed E-state index contributed by atoms with van der Waals surface area (Å²) in [6.45, 7) is 5.71. The zero-order valence-corrected chi connectivity index (χ0v) is 19.8. The Kier molecular flexibility index (Phi) is 6.03. The molecule has 0 spiro atoms. The number of benzene rings is 2. The summed E-state index contributed by atoms with van der Waals surface area (Å²) in [5, 5.41) is 1.54. The number of fused-ring (bicyclic) bond motifs is 2. The van der Waals surface area contributed by atoms with Crippen molar-refractivity contribution in [2.24, 2.45) is 5.92 Å². The molecule has 4 heteroatoms. The molecule has 0 radical (unpaired) electrons. The molecule has 31 heavy (non-hydrogen) atoms. The van der Waals surface area contributed by atoms with Gasteiger partial charge in [0.2, 0.25) is 0 Å². The van der Waals surface area contributed by atoms with E-state index in [9.17, 15) is 0 Å². The smallest absolute Gasteiger partial charge is 0.119 e. The Morgan fingerprint density at radius 1 is 1.16 bits per heavy atom. The van der Waals surface area contributed by atoms with Crippen LogP contribution in [0.5, 0.6) is 5.75 Å². The Morgan fingerprint density at radius 2 is 2.03 bits per heavy atom. The van der Waals surface area contributed by atoms with E-state index in [1.165, 1.54) is 54.6 Å². The third-order valence-electron chi connectivity index (χ3n) is 7.26. The van der Waals surface area contributed by atoms with Gasteiger partial charge in [-0.3, -0.25) is 4.90 Å². The highest BCUT2D eigenvalue weighted by molar-refractivity contribution is 7.98. The van der Waals surface area contributed by atoms with Gasteiger partial charge in [-0.05, 0) is 78.6 Å². The number of hydrogen-bond donors (Lipinski definition) is 0. The molecule has 0 bridgehead atoms. The summed E-state index contributed by atoms with van der Waals surface area (Å²) in [6, 6.07) is 16.1. The predicted octanol–water partition coefficient (Wildman–Crippen LogP) is 5.80. The van der Waals surface area contributed by atoms with E-state index in [-0.39, 0.29) is 0 Å². The molecule has 1 saturated heterocycles. The SMILES string of the molecule is CCCN1C[C@@H](CSC)CC2c3cccc4c3c(cn4Cc3cccc(OC)c3)C[C@H]21. The van der Waals surface area contributed by atoms with E-state index in [0.29, 0.717) is 12.0 Å². The van der Waals surface area contributed by atoms with Crippen LogP contribution in [0.1, 0.15) is 42.4 Å². The molecular weight excluding hydrogens is 400 g/mol. The molecule has 3 nitrogen and oxygen atoms in total. The number of hydrogen-bond acceptors (Lipinski definition) is 3. The second kappa shape index (κ2) is 8.91. The normalized spacial score (nSPS) is 23.1. The second-order valence-electron chi connectivity index (χ2n) is 9.31. The van der Waals surface area contributed by atoms with Gasteiger partial charge in [-0.15, -0.1) is 0 Å². The van der Waals surface area contributed by atoms with Crippen LogP contribution in [-0.4, -0.2) is 47.7 Å². The Labute approximate surface area is 190 Å². The van der Waals surface area contributed by atoms with Gasteiger partial charge in [0.1, 0.15) is 5.75 Å². The predicted molar refractivity (Wildman–Crippen MR) is 133 cm³/mol. The molecule has 0 amide bonds. The van der Waals surface area contributed by atoms with Gasteiger partial charge in [0.05, 0.1) is 7.11 Å². The fraction of sp³-hybridized carbons (Fsp3) is 0.481. The van der Waals surface area contributed by atoms with Crippen LogP contribution in [0.4, 0.5) is 0 Å². The highest BCUT2D eigenvalue weighted by Gasteiger charge is 2.40. The van der Waals surface area contributed by atoms with E-state index >= 15 is 0 Å². The topological polar surface area (TPSA) is 17.4 Å². The third kappa shape index (κ3) is 3.89. The lowest BCUT2D eigenvalue weighted by molar-refractivity contribution is 0.0926. The van der Waals surface area contributed by atoms with Gasteiger partial charge in [0.15, 0.2) is 0 Å². The van der Waals surface area contributed by atoms with Crippen LogP contribution in [0.15, 0.2) is 48.7 Å². The number of methoxy groups -OCH3 is 1. The van der Waals surface area contributed by atoms with Crippen LogP contribution in [0.2, 0.25) is 0 Å². The van der Waals surface area contributed by atoms with Crippen LogP contribution in [-0.2, 0) is 13.0 Å². The molecule has 2 aromatic carbocycles. The van der Waals surface area contributed by atoms with Gasteiger partial charge in [-0.2, -0.15) is 11.8 Å². The highest BCUT2D eigenvalue weighted by Crippen LogP contribution is 2.45. The van der Waals surface area contributed by atoms with E-state index in [1.807, 2.05) is 17.8 Å². The zero-order valence-electron chi connectivity index (χ0n) is 19.0. The number of ether oxygens (including phenoxy) is 1. The molecule has 164 valence electrons. The lowest BCUT2D eigenvalue weighted by Gasteiger charge is -2.47. The minimum absolute atomic E-state index is 0.656. The van der Waals surface area contributed by atoms with Crippen molar-refractivity contribution in [2.75, 3.05) is 32.2 Å². The quantitative estimate of drug-likeness (QED) is 0.468. The van der Waals surface area contributed by atoms with Crippen LogP contribution in [0, 0.1) is 5.92 Å². The summed E-state index contributed by atoms with van der Waals surface area (Å²) in [6.07, 6.45) is 8.46. The first-order valence-corrected chi connectivity index (χ1v) is 13.1. The van der Waals surface area contributed by atoms with Crippen molar-refractivity contribution in [1.29, 1.82) is 0 Å². The molecular formula is C27H34N2OS. The van der Waals surface area contributed by atoms with Crippen molar-refractivity contribution in [2.45, 2.75) is 44.7 Å². The Bertz CT molecular complexity index is 1060. The van der Waals surface area contributed by atoms with Crippen molar-refractivity contribution in [1.82, 2.24) is 9.47 Å².